The summed E-state index contributed by atoms with van der Waals surface area (Å²) in [5, 5.41) is 16.1. The Hall–Kier alpha value is -4.31. The predicted molar refractivity (Wildman–Crippen MR) is 130 cm³/mol. The van der Waals surface area contributed by atoms with Crippen LogP contribution in [0.25, 0.3) is 5.69 Å². The fourth-order valence-corrected chi connectivity index (χ4v) is 4.37. The Labute approximate surface area is 205 Å². The van der Waals surface area contributed by atoms with E-state index >= 15 is 0 Å². The fourth-order valence-electron chi connectivity index (χ4n) is 3.36. The Morgan fingerprint density at radius 2 is 1.66 bits per heavy atom. The molecule has 0 atom stereocenters. The average Bonchev–Trinajstić information content (AvgIpc) is 3.18. The minimum Gasteiger partial charge on any atom is -0.493 e. The molecule has 35 heavy (non-hydrogen) atoms. The lowest BCUT2D eigenvalue weighted by molar-refractivity contribution is -0.387. The van der Waals surface area contributed by atoms with Crippen molar-refractivity contribution in [3.05, 3.63) is 94.2 Å². The van der Waals surface area contributed by atoms with E-state index in [0.29, 0.717) is 32.7 Å². The lowest BCUT2D eigenvalue weighted by Gasteiger charge is -2.12. The van der Waals surface area contributed by atoms with Crippen molar-refractivity contribution >= 4 is 23.4 Å². The van der Waals surface area contributed by atoms with Crippen molar-refractivity contribution in [2.75, 3.05) is 14.2 Å². The summed E-state index contributed by atoms with van der Waals surface area (Å²) in [7, 11) is 2.98. The van der Waals surface area contributed by atoms with Crippen LogP contribution in [0.4, 0.5) is 5.69 Å². The molecule has 0 aliphatic carbocycles. The van der Waals surface area contributed by atoms with Gasteiger partial charge < -0.3 is 14.2 Å². The number of benzene rings is 3. The molecular weight excluding hydrogens is 470 g/mol. The first kappa shape index (κ1) is 23.8. The second-order valence-electron chi connectivity index (χ2n) is 7.25. The Morgan fingerprint density at radius 1 is 0.971 bits per heavy atom. The first-order valence-corrected chi connectivity index (χ1v) is 11.2. The maximum Gasteiger partial charge on any atom is 0.345 e. The first-order chi connectivity index (χ1) is 16.9. The maximum absolute atomic E-state index is 13.2. The Bertz CT molecular complexity index is 1390. The Kier molecular flexibility index (Phi) is 7.02. The van der Waals surface area contributed by atoms with Gasteiger partial charge in [0.05, 0.1) is 45.9 Å². The van der Waals surface area contributed by atoms with Crippen LogP contribution in [0.2, 0.25) is 0 Å². The molecule has 0 saturated heterocycles. The van der Waals surface area contributed by atoms with Crippen molar-refractivity contribution in [1.82, 2.24) is 9.78 Å². The van der Waals surface area contributed by atoms with Gasteiger partial charge in [0.25, 0.3) is 5.69 Å². The van der Waals surface area contributed by atoms with E-state index in [2.05, 4.69) is 5.10 Å². The molecule has 10 heteroatoms. The van der Waals surface area contributed by atoms with Crippen molar-refractivity contribution in [1.29, 1.82) is 0 Å². The zero-order valence-electron chi connectivity index (χ0n) is 19.1. The van der Waals surface area contributed by atoms with E-state index in [1.54, 1.807) is 37.3 Å². The van der Waals surface area contributed by atoms with Gasteiger partial charge in [-0.15, -0.1) is 0 Å². The van der Waals surface area contributed by atoms with Gasteiger partial charge in [-0.25, -0.2) is 4.79 Å². The minimum atomic E-state index is -0.646. The summed E-state index contributed by atoms with van der Waals surface area (Å²) in [6.45, 7) is 1.75. The largest absolute Gasteiger partial charge is 0.493 e. The van der Waals surface area contributed by atoms with Crippen molar-refractivity contribution in [2.24, 2.45) is 0 Å². The van der Waals surface area contributed by atoms with Crippen molar-refractivity contribution in [3.63, 3.8) is 0 Å². The average molecular weight is 492 g/mol. The highest BCUT2D eigenvalue weighted by Crippen LogP contribution is 2.42. The number of nitro groups is 1. The molecule has 178 valence electrons. The third-order valence-corrected chi connectivity index (χ3v) is 6.29. The predicted octanol–water partition coefficient (Wildman–Crippen LogP) is 5.48. The number of esters is 1. The molecule has 1 aromatic heterocycles. The van der Waals surface area contributed by atoms with Gasteiger partial charge in [0, 0.05) is 6.07 Å². The molecule has 0 radical (unpaired) electrons. The number of ether oxygens (including phenoxy) is 3. The molecule has 0 spiro atoms. The molecule has 4 rings (SSSR count). The summed E-state index contributed by atoms with van der Waals surface area (Å²) in [4.78, 5) is 25.2. The number of rotatable bonds is 8. The standard InChI is InChI=1S/C25H21N3O6S/c1-16-23(35-22-12-8-7-11-19(22)28(30)31)24(27(26-16)18-9-5-4-6-10-18)34-25(29)17-13-14-20(32-2)21(15-17)33-3/h4-15H,1-3H3. The lowest BCUT2D eigenvalue weighted by Crippen LogP contribution is -2.12. The monoisotopic (exact) mass is 491 g/mol. The Morgan fingerprint density at radius 3 is 2.34 bits per heavy atom. The third kappa shape index (κ3) is 4.97. The van der Waals surface area contributed by atoms with Gasteiger partial charge in [-0.3, -0.25) is 10.1 Å². The summed E-state index contributed by atoms with van der Waals surface area (Å²) in [5.74, 6) is 0.357. The van der Waals surface area contributed by atoms with Crippen molar-refractivity contribution in [3.8, 4) is 23.1 Å². The quantitative estimate of drug-likeness (QED) is 0.181. The van der Waals surface area contributed by atoms with Gasteiger partial charge in [-0.05, 0) is 43.3 Å². The number of hydrogen-bond acceptors (Lipinski definition) is 8. The molecule has 0 fully saturated rings. The summed E-state index contributed by atoms with van der Waals surface area (Å²) >= 11 is 1.12. The highest BCUT2D eigenvalue weighted by molar-refractivity contribution is 7.99. The molecule has 0 bridgehead atoms. The minimum absolute atomic E-state index is 0.0541. The van der Waals surface area contributed by atoms with Crippen LogP contribution in [0, 0.1) is 17.0 Å². The number of methoxy groups -OCH3 is 2. The molecule has 4 aromatic rings. The number of hydrogen-bond donors (Lipinski definition) is 0. The van der Waals surface area contributed by atoms with Crippen LogP contribution in [0.15, 0.2) is 82.6 Å². The third-order valence-electron chi connectivity index (χ3n) is 5.05. The molecule has 3 aromatic carbocycles. The molecule has 9 nitrogen and oxygen atoms in total. The molecule has 0 aliphatic heterocycles. The molecule has 1 heterocycles. The van der Waals surface area contributed by atoms with E-state index in [9.17, 15) is 14.9 Å². The van der Waals surface area contributed by atoms with Crippen LogP contribution in [-0.4, -0.2) is 34.9 Å². The fraction of sp³-hybridized carbons (Fsp3) is 0.120. The van der Waals surface area contributed by atoms with Gasteiger partial charge >= 0.3 is 5.97 Å². The van der Waals surface area contributed by atoms with E-state index in [-0.39, 0.29) is 17.1 Å². The number of para-hydroxylation sites is 2. The zero-order valence-corrected chi connectivity index (χ0v) is 19.9. The van der Waals surface area contributed by atoms with Gasteiger partial charge in [-0.1, -0.05) is 42.1 Å². The van der Waals surface area contributed by atoms with Crippen LogP contribution >= 0.6 is 11.8 Å². The number of aromatic nitrogens is 2. The second-order valence-corrected chi connectivity index (χ2v) is 8.31. The topological polar surface area (TPSA) is 106 Å². The van der Waals surface area contributed by atoms with Crippen LogP contribution in [0.5, 0.6) is 17.4 Å². The zero-order chi connectivity index (χ0) is 24.9. The van der Waals surface area contributed by atoms with E-state index in [1.165, 1.54) is 31.0 Å². The molecule has 0 amide bonds. The molecule has 0 saturated carbocycles. The SMILES string of the molecule is COc1ccc(C(=O)Oc2c(Sc3ccccc3[N+](=O)[O-])c(C)nn2-c2ccccc2)cc1OC. The highest BCUT2D eigenvalue weighted by atomic mass is 32.2. The molecule has 0 aliphatic rings. The molecule has 0 unspecified atom stereocenters. The van der Waals surface area contributed by atoms with Gasteiger partial charge in [-0.2, -0.15) is 9.78 Å². The molecule has 0 N–H and O–H groups in total. The summed E-state index contributed by atoms with van der Waals surface area (Å²) < 4.78 is 17.9. The van der Waals surface area contributed by atoms with Crippen LogP contribution in [0.1, 0.15) is 16.1 Å². The van der Waals surface area contributed by atoms with E-state index in [0.717, 1.165) is 11.8 Å². The Balaban J connectivity index is 1.79. The van der Waals surface area contributed by atoms with Crippen LogP contribution in [0.3, 0.4) is 0 Å². The van der Waals surface area contributed by atoms with Gasteiger partial charge in [0.2, 0.25) is 5.88 Å². The number of nitro benzene ring substituents is 1. The van der Waals surface area contributed by atoms with Crippen molar-refractivity contribution in [2.45, 2.75) is 16.7 Å². The second kappa shape index (κ2) is 10.3. The van der Waals surface area contributed by atoms with Crippen LogP contribution in [-0.2, 0) is 0 Å². The number of carbonyl (C=O) groups is 1. The van der Waals surface area contributed by atoms with Gasteiger partial charge in [0.15, 0.2) is 11.5 Å². The number of nitrogens with zero attached hydrogens (tertiary/aromatic N) is 3. The smallest absolute Gasteiger partial charge is 0.345 e. The van der Waals surface area contributed by atoms with Gasteiger partial charge in [0.1, 0.15) is 0 Å². The van der Waals surface area contributed by atoms with E-state index < -0.39 is 10.9 Å². The highest BCUT2D eigenvalue weighted by Gasteiger charge is 2.25. The normalized spacial score (nSPS) is 10.6. The lowest BCUT2D eigenvalue weighted by atomic mass is 10.2. The van der Waals surface area contributed by atoms with E-state index in [1.807, 2.05) is 30.3 Å². The summed E-state index contributed by atoms with van der Waals surface area (Å²) in [6.07, 6.45) is 0. The molecular formula is C25H21N3O6S. The van der Waals surface area contributed by atoms with Crippen LogP contribution < -0.4 is 14.2 Å². The van der Waals surface area contributed by atoms with E-state index in [4.69, 9.17) is 14.2 Å². The number of aryl methyl sites for hydroxylation is 1. The van der Waals surface area contributed by atoms with Crippen molar-refractivity contribution < 1.29 is 23.9 Å². The first-order valence-electron chi connectivity index (χ1n) is 10.4. The maximum atomic E-state index is 13.2. The summed E-state index contributed by atoms with van der Waals surface area (Å²) in [6, 6.07) is 20.2. The number of carbonyl (C=O) groups excluding carboxylic acids is 1. The summed E-state index contributed by atoms with van der Waals surface area (Å²) in [5.41, 5.74) is 1.40.